The summed E-state index contributed by atoms with van der Waals surface area (Å²) in [6.45, 7) is 0. The highest BCUT2D eigenvalue weighted by molar-refractivity contribution is 7.25. The predicted octanol–water partition coefficient (Wildman–Crippen LogP) is 15.7. The maximum Gasteiger partial charge on any atom is 0.164 e. The molecule has 0 saturated carbocycles. The Bertz CT molecular complexity index is 3900. The second-order valence-electron chi connectivity index (χ2n) is 17.9. The van der Waals surface area contributed by atoms with Crippen LogP contribution in [0.1, 0.15) is 45.2 Å². The van der Waals surface area contributed by atoms with E-state index in [1.807, 2.05) is 53.8 Å². The van der Waals surface area contributed by atoms with Crippen LogP contribution in [0.3, 0.4) is 0 Å². The van der Waals surface area contributed by atoms with Gasteiger partial charge in [-0.25, -0.2) is 24.9 Å². The van der Waals surface area contributed by atoms with Crippen LogP contribution in [-0.2, 0) is 0 Å². The van der Waals surface area contributed by atoms with Crippen molar-refractivity contribution in [2.45, 2.75) is 11.8 Å². The molecule has 9 aromatic carbocycles. The van der Waals surface area contributed by atoms with Gasteiger partial charge in [-0.2, -0.15) is 0 Å². The molecule has 0 amide bonds. The second-order valence-corrected chi connectivity index (χ2v) is 19.0. The Balaban J connectivity index is 0.855. The molecule has 3 aliphatic carbocycles. The number of hydrogen-bond acceptors (Lipinski definition) is 6. The molecule has 0 N–H and O–H groups in total. The summed E-state index contributed by atoms with van der Waals surface area (Å²) in [5.74, 6) is 2.78. The number of benzene rings is 9. The maximum absolute atomic E-state index is 5.29. The molecule has 5 nitrogen and oxygen atoms in total. The third kappa shape index (κ3) is 6.71. The lowest BCUT2D eigenvalue weighted by Gasteiger charge is -2.42. The standard InChI is InChI=1S/C63H39N5S/c1-4-14-40(15-5-1)60-64-54(39-26-24-38(25-27-39)43-30-33-57-51(34-43)46-20-12-13-23-56(46)69-57)37-55(65-60)44-28-31-49-52(35-44)58-47-21-10-11-22-48(47)59(49)53-36-45(29-32-50(53)58)63-67-61(41-16-6-2-7-17-41)66-62(68-63)42-18-8-3-9-19-42/h1-37,58-59H. The van der Waals surface area contributed by atoms with E-state index in [0.717, 1.165) is 44.8 Å². The molecule has 2 bridgehead atoms. The van der Waals surface area contributed by atoms with Gasteiger partial charge < -0.3 is 0 Å². The third-order valence-corrected chi connectivity index (χ3v) is 15.1. The van der Waals surface area contributed by atoms with Crippen molar-refractivity contribution in [2.24, 2.45) is 0 Å². The van der Waals surface area contributed by atoms with Gasteiger partial charge in [0.25, 0.3) is 0 Å². The fraction of sp³-hybridized carbons (Fsp3) is 0.0317. The lowest BCUT2D eigenvalue weighted by molar-refractivity contribution is 0.754. The summed E-state index contributed by atoms with van der Waals surface area (Å²) in [5.41, 5.74) is 18.1. The Morgan fingerprint density at radius 3 is 1.28 bits per heavy atom. The van der Waals surface area contributed by atoms with Crippen LogP contribution in [0.4, 0.5) is 0 Å². The molecule has 12 aromatic rings. The molecule has 69 heavy (non-hydrogen) atoms. The monoisotopic (exact) mass is 897 g/mol. The fourth-order valence-corrected chi connectivity index (χ4v) is 11.7. The van der Waals surface area contributed by atoms with Crippen molar-refractivity contribution >= 4 is 31.5 Å². The molecule has 3 heterocycles. The molecule has 2 atom stereocenters. The number of thiophene rings is 1. The first-order valence-electron chi connectivity index (χ1n) is 23.4. The van der Waals surface area contributed by atoms with Crippen LogP contribution in [0.15, 0.2) is 224 Å². The third-order valence-electron chi connectivity index (χ3n) is 13.9. The Kier molecular flexibility index (Phi) is 9.14. The highest BCUT2D eigenvalue weighted by Gasteiger charge is 2.41. The SMILES string of the molecule is c1ccc(-c2nc(-c3ccc(-c4ccc5sc6ccccc6c5c4)cc3)cc(-c3ccc4c(c3)C3c5ccccc5C4c4cc(-c5nc(-c6ccccc6)nc(-c6ccccc6)n5)ccc43)n2)cc1. The van der Waals surface area contributed by atoms with Gasteiger partial charge in [-0.3, -0.25) is 0 Å². The summed E-state index contributed by atoms with van der Waals surface area (Å²) in [5, 5.41) is 2.61. The summed E-state index contributed by atoms with van der Waals surface area (Å²) >= 11 is 1.85. The molecule has 15 rings (SSSR count). The smallest absolute Gasteiger partial charge is 0.164 e. The molecule has 322 valence electrons. The van der Waals surface area contributed by atoms with E-state index < -0.39 is 0 Å². The molecule has 0 radical (unpaired) electrons. The van der Waals surface area contributed by atoms with E-state index in [4.69, 9.17) is 24.9 Å². The van der Waals surface area contributed by atoms with E-state index in [2.05, 4.69) is 182 Å². The van der Waals surface area contributed by atoms with Crippen molar-refractivity contribution < 1.29 is 0 Å². The zero-order chi connectivity index (χ0) is 45.4. The largest absolute Gasteiger partial charge is 0.228 e. The Hall–Kier alpha value is -8.71. The first-order chi connectivity index (χ1) is 34.2. The van der Waals surface area contributed by atoms with Gasteiger partial charge in [-0.1, -0.05) is 188 Å². The summed E-state index contributed by atoms with van der Waals surface area (Å²) in [7, 11) is 0. The molecular formula is C63H39N5S. The van der Waals surface area contributed by atoms with Crippen LogP contribution in [0.5, 0.6) is 0 Å². The molecule has 6 heteroatoms. The highest BCUT2D eigenvalue weighted by atomic mass is 32.1. The topological polar surface area (TPSA) is 64.5 Å². The van der Waals surface area contributed by atoms with Gasteiger partial charge in [0.1, 0.15) is 0 Å². The van der Waals surface area contributed by atoms with Crippen LogP contribution in [-0.4, -0.2) is 24.9 Å². The van der Waals surface area contributed by atoms with Gasteiger partial charge in [0.15, 0.2) is 23.3 Å². The minimum Gasteiger partial charge on any atom is -0.228 e. The molecule has 0 spiro atoms. The fourth-order valence-electron chi connectivity index (χ4n) is 10.7. The van der Waals surface area contributed by atoms with Gasteiger partial charge in [0.05, 0.1) is 11.4 Å². The molecule has 3 aliphatic rings. The molecule has 0 aliphatic heterocycles. The van der Waals surface area contributed by atoms with Crippen molar-refractivity contribution in [3.63, 3.8) is 0 Å². The zero-order valence-corrected chi connectivity index (χ0v) is 38.0. The van der Waals surface area contributed by atoms with Gasteiger partial charge in [0, 0.05) is 65.4 Å². The molecule has 0 saturated heterocycles. The van der Waals surface area contributed by atoms with Gasteiger partial charge >= 0.3 is 0 Å². The summed E-state index contributed by atoms with van der Waals surface area (Å²) in [4.78, 5) is 25.7. The van der Waals surface area contributed by atoms with Crippen LogP contribution >= 0.6 is 11.3 Å². The first-order valence-corrected chi connectivity index (χ1v) is 24.2. The van der Waals surface area contributed by atoms with Crippen molar-refractivity contribution in [2.75, 3.05) is 0 Å². The summed E-state index contributed by atoms with van der Waals surface area (Å²) in [6.07, 6.45) is 0. The van der Waals surface area contributed by atoms with Gasteiger partial charge in [-0.15, -0.1) is 11.3 Å². The van der Waals surface area contributed by atoms with Crippen molar-refractivity contribution in [1.29, 1.82) is 0 Å². The Morgan fingerprint density at radius 2 is 0.667 bits per heavy atom. The second kappa shape index (κ2) is 16.0. The van der Waals surface area contributed by atoms with Crippen LogP contribution in [0, 0.1) is 0 Å². The van der Waals surface area contributed by atoms with Crippen molar-refractivity contribution in [1.82, 2.24) is 24.9 Å². The minimum atomic E-state index is 0.0488. The molecule has 0 fully saturated rings. The first kappa shape index (κ1) is 39.5. The van der Waals surface area contributed by atoms with Crippen LogP contribution in [0.2, 0.25) is 0 Å². The molecular weight excluding hydrogens is 859 g/mol. The van der Waals surface area contributed by atoms with Crippen molar-refractivity contribution in [3.05, 3.63) is 258 Å². The normalized spacial score (nSPS) is 14.4. The van der Waals surface area contributed by atoms with E-state index in [-0.39, 0.29) is 11.8 Å². The summed E-state index contributed by atoms with van der Waals surface area (Å²) < 4.78 is 2.62. The molecule has 3 aromatic heterocycles. The lowest BCUT2D eigenvalue weighted by atomic mass is 9.60. The predicted molar refractivity (Wildman–Crippen MR) is 281 cm³/mol. The van der Waals surface area contributed by atoms with Crippen LogP contribution < -0.4 is 0 Å². The van der Waals surface area contributed by atoms with Crippen molar-refractivity contribution in [3.8, 4) is 79.2 Å². The number of hydrogen-bond donors (Lipinski definition) is 0. The zero-order valence-electron chi connectivity index (χ0n) is 37.2. The van der Waals surface area contributed by atoms with Gasteiger partial charge in [-0.05, 0) is 80.9 Å². The number of rotatable bonds is 7. The number of aromatic nitrogens is 5. The quantitative estimate of drug-likeness (QED) is 0.159. The number of nitrogens with zero attached hydrogens (tertiary/aromatic N) is 5. The average molecular weight is 898 g/mol. The Morgan fingerprint density at radius 1 is 0.246 bits per heavy atom. The van der Waals surface area contributed by atoms with Crippen LogP contribution in [0.25, 0.3) is 99.4 Å². The minimum absolute atomic E-state index is 0.0488. The van der Waals surface area contributed by atoms with Gasteiger partial charge in [0.2, 0.25) is 0 Å². The van der Waals surface area contributed by atoms with E-state index >= 15 is 0 Å². The van der Waals surface area contributed by atoms with E-state index in [1.165, 1.54) is 64.7 Å². The highest BCUT2D eigenvalue weighted by Crippen LogP contribution is 2.56. The Labute approximate surface area is 403 Å². The van der Waals surface area contributed by atoms with E-state index in [1.54, 1.807) is 0 Å². The maximum atomic E-state index is 5.29. The average Bonchev–Trinajstić information content (AvgIpc) is 3.81. The molecule has 2 unspecified atom stereocenters. The van der Waals surface area contributed by atoms with E-state index in [9.17, 15) is 0 Å². The lowest BCUT2D eigenvalue weighted by Crippen LogP contribution is -2.27. The summed E-state index contributed by atoms with van der Waals surface area (Å²) in [6, 6.07) is 79.9. The van der Waals surface area contributed by atoms with E-state index in [0.29, 0.717) is 23.3 Å². The number of fused-ring (bicyclic) bond motifs is 3.